The molecule has 0 aliphatic rings. The average molecular weight is 220 g/mol. The molecule has 1 aromatic heterocycles. The SMILES string of the molecule is CC(=O)c1cc2cc(O)c(O)cc2oc1=O. The molecule has 0 saturated heterocycles. The Morgan fingerprint density at radius 2 is 1.81 bits per heavy atom. The van der Waals surface area contributed by atoms with Crippen LogP contribution < -0.4 is 5.63 Å². The van der Waals surface area contributed by atoms with E-state index in [9.17, 15) is 19.8 Å². The van der Waals surface area contributed by atoms with Gasteiger partial charge in [-0.05, 0) is 19.1 Å². The fraction of sp³-hybridized carbons (Fsp3) is 0.0909. The van der Waals surface area contributed by atoms with Crippen molar-refractivity contribution in [3.8, 4) is 11.5 Å². The highest BCUT2D eigenvalue weighted by Crippen LogP contribution is 2.29. The zero-order chi connectivity index (χ0) is 11.9. The minimum atomic E-state index is -0.759. The van der Waals surface area contributed by atoms with Crippen molar-refractivity contribution >= 4 is 16.8 Å². The Labute approximate surface area is 89.6 Å². The molecule has 1 aromatic carbocycles. The lowest BCUT2D eigenvalue weighted by atomic mass is 10.1. The average Bonchev–Trinajstić information content (AvgIpc) is 2.19. The Morgan fingerprint density at radius 3 is 2.44 bits per heavy atom. The van der Waals surface area contributed by atoms with Gasteiger partial charge in [0, 0.05) is 11.5 Å². The Hall–Kier alpha value is -2.30. The lowest BCUT2D eigenvalue weighted by Gasteiger charge is -2.01. The number of aromatic hydroxyl groups is 2. The molecule has 0 bridgehead atoms. The van der Waals surface area contributed by atoms with E-state index in [0.717, 1.165) is 6.07 Å². The van der Waals surface area contributed by atoms with E-state index in [-0.39, 0.29) is 22.6 Å². The van der Waals surface area contributed by atoms with Gasteiger partial charge in [-0.15, -0.1) is 0 Å². The topological polar surface area (TPSA) is 87.7 Å². The van der Waals surface area contributed by atoms with Gasteiger partial charge in [-0.25, -0.2) is 4.79 Å². The first kappa shape index (κ1) is 10.2. The Bertz CT molecular complexity index is 639. The van der Waals surface area contributed by atoms with Crippen molar-refractivity contribution in [2.75, 3.05) is 0 Å². The summed E-state index contributed by atoms with van der Waals surface area (Å²) in [6.45, 7) is 1.25. The number of carbonyl (C=O) groups is 1. The largest absolute Gasteiger partial charge is 0.504 e. The molecule has 0 spiro atoms. The predicted octanol–water partition coefficient (Wildman–Crippen LogP) is 1.41. The van der Waals surface area contributed by atoms with E-state index in [2.05, 4.69) is 0 Å². The fourth-order valence-corrected chi connectivity index (χ4v) is 1.39. The van der Waals surface area contributed by atoms with E-state index in [4.69, 9.17) is 4.42 Å². The summed E-state index contributed by atoms with van der Waals surface area (Å²) in [5.74, 6) is -1.13. The summed E-state index contributed by atoms with van der Waals surface area (Å²) < 4.78 is 4.84. The molecule has 0 unspecified atom stereocenters. The third kappa shape index (κ3) is 1.52. The van der Waals surface area contributed by atoms with E-state index >= 15 is 0 Å². The highest BCUT2D eigenvalue weighted by Gasteiger charge is 2.11. The number of ketones is 1. The quantitative estimate of drug-likeness (QED) is 0.431. The first-order valence-corrected chi connectivity index (χ1v) is 4.50. The molecule has 2 aromatic rings. The second-order valence-electron chi connectivity index (χ2n) is 3.38. The highest BCUT2D eigenvalue weighted by molar-refractivity contribution is 5.96. The van der Waals surface area contributed by atoms with Gasteiger partial charge in [0.2, 0.25) is 0 Å². The molecule has 0 fully saturated rings. The van der Waals surface area contributed by atoms with E-state index in [0.29, 0.717) is 5.39 Å². The highest BCUT2D eigenvalue weighted by atomic mass is 16.4. The number of carbonyl (C=O) groups excluding carboxylic acids is 1. The Balaban J connectivity index is 2.85. The number of fused-ring (bicyclic) bond motifs is 1. The molecular formula is C11H8O5. The standard InChI is InChI=1S/C11H8O5/c1-5(12)7-2-6-3-8(13)9(14)4-10(6)16-11(7)15/h2-4,13-14H,1H3. The minimum absolute atomic E-state index is 0.0856. The van der Waals surface area contributed by atoms with Crippen LogP contribution in [0.3, 0.4) is 0 Å². The van der Waals surface area contributed by atoms with Crippen LogP contribution in [0, 0.1) is 0 Å². The van der Waals surface area contributed by atoms with Crippen molar-refractivity contribution < 1.29 is 19.4 Å². The zero-order valence-corrected chi connectivity index (χ0v) is 8.35. The summed E-state index contributed by atoms with van der Waals surface area (Å²) in [7, 11) is 0. The molecule has 0 aliphatic carbocycles. The van der Waals surface area contributed by atoms with Crippen molar-refractivity contribution in [1.82, 2.24) is 0 Å². The second-order valence-corrected chi connectivity index (χ2v) is 3.38. The summed E-state index contributed by atoms with van der Waals surface area (Å²) in [6.07, 6.45) is 0. The van der Waals surface area contributed by atoms with Gasteiger partial charge in [-0.1, -0.05) is 0 Å². The van der Waals surface area contributed by atoms with Gasteiger partial charge >= 0.3 is 5.63 Å². The smallest absolute Gasteiger partial charge is 0.347 e. The van der Waals surface area contributed by atoms with Gasteiger partial charge in [0.25, 0.3) is 0 Å². The van der Waals surface area contributed by atoms with Crippen LogP contribution >= 0.6 is 0 Å². The van der Waals surface area contributed by atoms with Crippen LogP contribution in [0.5, 0.6) is 11.5 Å². The molecule has 16 heavy (non-hydrogen) atoms. The van der Waals surface area contributed by atoms with Crippen LogP contribution in [0.15, 0.2) is 27.4 Å². The molecule has 1 heterocycles. The lowest BCUT2D eigenvalue weighted by Crippen LogP contribution is -2.10. The maximum atomic E-state index is 11.3. The van der Waals surface area contributed by atoms with Crippen molar-refractivity contribution in [2.24, 2.45) is 0 Å². The van der Waals surface area contributed by atoms with Crippen LogP contribution in [-0.2, 0) is 0 Å². The number of phenols is 2. The number of hydrogen-bond donors (Lipinski definition) is 2. The third-order valence-corrected chi connectivity index (χ3v) is 2.21. The van der Waals surface area contributed by atoms with Gasteiger partial charge in [-0.2, -0.15) is 0 Å². The molecule has 0 radical (unpaired) electrons. The molecule has 82 valence electrons. The molecule has 0 aliphatic heterocycles. The number of Topliss-reactive ketones (excluding diaryl/α,β-unsaturated/α-hetero) is 1. The number of hydrogen-bond acceptors (Lipinski definition) is 5. The summed E-state index contributed by atoms with van der Waals surface area (Å²) in [4.78, 5) is 22.4. The van der Waals surface area contributed by atoms with E-state index in [1.807, 2.05) is 0 Å². The molecule has 0 atom stereocenters. The predicted molar refractivity (Wildman–Crippen MR) is 55.8 cm³/mol. The molecule has 2 N–H and O–H groups in total. The number of rotatable bonds is 1. The third-order valence-electron chi connectivity index (χ3n) is 2.21. The second kappa shape index (κ2) is 3.37. The normalized spacial score (nSPS) is 10.6. The summed E-state index contributed by atoms with van der Waals surface area (Å²) in [5.41, 5.74) is -0.729. The van der Waals surface area contributed by atoms with Crippen LogP contribution in [0.2, 0.25) is 0 Å². The monoisotopic (exact) mass is 220 g/mol. The molecule has 5 nitrogen and oxygen atoms in total. The first-order chi connectivity index (χ1) is 7.49. The number of benzene rings is 1. The Kier molecular flexibility index (Phi) is 2.16. The van der Waals surface area contributed by atoms with Crippen LogP contribution in [0.25, 0.3) is 11.0 Å². The van der Waals surface area contributed by atoms with E-state index < -0.39 is 11.4 Å². The lowest BCUT2D eigenvalue weighted by molar-refractivity contribution is 0.101. The van der Waals surface area contributed by atoms with Crippen molar-refractivity contribution in [3.63, 3.8) is 0 Å². The minimum Gasteiger partial charge on any atom is -0.504 e. The van der Waals surface area contributed by atoms with Gasteiger partial charge in [0.15, 0.2) is 17.3 Å². The van der Waals surface area contributed by atoms with Gasteiger partial charge in [-0.3, -0.25) is 4.79 Å². The van der Waals surface area contributed by atoms with E-state index in [1.54, 1.807) is 0 Å². The van der Waals surface area contributed by atoms with Crippen molar-refractivity contribution in [3.05, 3.63) is 34.2 Å². The number of phenolic OH excluding ortho intramolecular Hbond substituents is 2. The van der Waals surface area contributed by atoms with E-state index in [1.165, 1.54) is 19.1 Å². The van der Waals surface area contributed by atoms with Gasteiger partial charge in [0.05, 0.1) is 0 Å². The van der Waals surface area contributed by atoms with Gasteiger partial charge in [0.1, 0.15) is 11.1 Å². The molecule has 0 amide bonds. The van der Waals surface area contributed by atoms with Crippen molar-refractivity contribution in [1.29, 1.82) is 0 Å². The van der Waals surface area contributed by atoms with Crippen LogP contribution in [0.4, 0.5) is 0 Å². The molecule has 2 rings (SSSR count). The molecular weight excluding hydrogens is 212 g/mol. The van der Waals surface area contributed by atoms with Gasteiger partial charge < -0.3 is 14.6 Å². The summed E-state index contributed by atoms with van der Waals surface area (Å²) >= 11 is 0. The zero-order valence-electron chi connectivity index (χ0n) is 8.35. The fourth-order valence-electron chi connectivity index (χ4n) is 1.39. The molecule has 5 heteroatoms. The van der Waals surface area contributed by atoms with Crippen molar-refractivity contribution in [2.45, 2.75) is 6.92 Å². The van der Waals surface area contributed by atoms with Crippen LogP contribution in [0.1, 0.15) is 17.3 Å². The summed E-state index contributed by atoms with van der Waals surface area (Å²) in [5, 5.41) is 18.8. The van der Waals surface area contributed by atoms with Crippen LogP contribution in [-0.4, -0.2) is 16.0 Å². The maximum Gasteiger partial charge on any atom is 0.347 e. The summed E-state index contributed by atoms with van der Waals surface area (Å²) in [6, 6.07) is 3.67. The maximum absolute atomic E-state index is 11.3. The molecule has 0 saturated carbocycles. The Morgan fingerprint density at radius 1 is 1.19 bits per heavy atom. The first-order valence-electron chi connectivity index (χ1n) is 4.50.